The second-order valence-corrected chi connectivity index (χ2v) is 6.06. The molecule has 0 amide bonds. The Kier molecular flexibility index (Phi) is 3.90. The van der Waals surface area contributed by atoms with Crippen LogP contribution in [0.25, 0.3) is 16.6 Å². The van der Waals surface area contributed by atoms with Gasteiger partial charge in [0.25, 0.3) is 0 Å². The van der Waals surface area contributed by atoms with Crippen molar-refractivity contribution < 1.29 is 9.13 Å². The first-order chi connectivity index (χ1) is 12.1. The zero-order chi connectivity index (χ0) is 17.4. The monoisotopic (exact) mass is 352 g/mol. The van der Waals surface area contributed by atoms with Crippen molar-refractivity contribution in [2.45, 2.75) is 6.92 Å². The first-order valence-electron chi connectivity index (χ1n) is 7.79. The van der Waals surface area contributed by atoms with Crippen molar-refractivity contribution >= 4 is 22.5 Å². The lowest BCUT2D eigenvalue weighted by Crippen LogP contribution is -1.99. The SMILES string of the molecule is Cc1ccc(F)cc1Oc1cc2ccnc(Cl)c2n1-c1ccccc1. The molecule has 5 heteroatoms. The van der Waals surface area contributed by atoms with Gasteiger partial charge in [0.15, 0.2) is 5.15 Å². The molecule has 124 valence electrons. The maximum atomic E-state index is 13.6. The molecule has 0 fully saturated rings. The van der Waals surface area contributed by atoms with Crippen LogP contribution in [0.2, 0.25) is 5.15 Å². The standard InChI is InChI=1S/C20H14ClFN2O/c1-13-7-8-15(22)12-17(13)25-18-11-14-9-10-23-20(21)19(14)24(18)16-5-3-2-4-6-16/h2-12H,1H3. The van der Waals surface area contributed by atoms with Crippen molar-refractivity contribution in [3.63, 3.8) is 0 Å². The van der Waals surface area contributed by atoms with Crippen LogP contribution in [-0.4, -0.2) is 9.55 Å². The van der Waals surface area contributed by atoms with Gasteiger partial charge in [-0.2, -0.15) is 0 Å². The molecule has 0 spiro atoms. The quantitative estimate of drug-likeness (QED) is 0.428. The summed E-state index contributed by atoms with van der Waals surface area (Å²) in [4.78, 5) is 4.17. The van der Waals surface area contributed by atoms with Crippen LogP contribution in [-0.2, 0) is 0 Å². The van der Waals surface area contributed by atoms with Gasteiger partial charge in [-0.3, -0.25) is 4.57 Å². The summed E-state index contributed by atoms with van der Waals surface area (Å²) in [5.74, 6) is 0.663. The molecule has 0 saturated heterocycles. The van der Waals surface area contributed by atoms with E-state index in [1.165, 1.54) is 12.1 Å². The summed E-state index contributed by atoms with van der Waals surface area (Å²) in [6, 6.07) is 17.9. The van der Waals surface area contributed by atoms with Crippen LogP contribution in [0, 0.1) is 12.7 Å². The fourth-order valence-corrected chi connectivity index (χ4v) is 3.04. The van der Waals surface area contributed by atoms with E-state index in [9.17, 15) is 4.39 Å². The summed E-state index contributed by atoms with van der Waals surface area (Å²) < 4.78 is 21.6. The van der Waals surface area contributed by atoms with E-state index in [-0.39, 0.29) is 5.82 Å². The topological polar surface area (TPSA) is 27.1 Å². The first-order valence-corrected chi connectivity index (χ1v) is 8.16. The van der Waals surface area contributed by atoms with Crippen LogP contribution >= 0.6 is 11.6 Å². The number of aromatic nitrogens is 2. The Morgan fingerprint density at radius 1 is 1.04 bits per heavy atom. The van der Waals surface area contributed by atoms with Gasteiger partial charge in [-0.15, -0.1) is 0 Å². The zero-order valence-corrected chi connectivity index (χ0v) is 14.2. The van der Waals surface area contributed by atoms with Crippen LogP contribution in [0.15, 0.2) is 66.9 Å². The largest absolute Gasteiger partial charge is 0.440 e. The van der Waals surface area contributed by atoms with Crippen molar-refractivity contribution in [2.75, 3.05) is 0 Å². The van der Waals surface area contributed by atoms with Crippen molar-refractivity contribution in [1.82, 2.24) is 9.55 Å². The number of ether oxygens (including phenoxy) is 1. The summed E-state index contributed by atoms with van der Waals surface area (Å²) in [7, 11) is 0. The van der Waals surface area contributed by atoms with Crippen LogP contribution in [0.3, 0.4) is 0 Å². The molecule has 2 aromatic carbocycles. The lowest BCUT2D eigenvalue weighted by atomic mass is 10.2. The van der Waals surface area contributed by atoms with Gasteiger partial charge >= 0.3 is 0 Å². The van der Waals surface area contributed by atoms with Gasteiger partial charge in [-0.1, -0.05) is 35.9 Å². The Hall–Kier alpha value is -2.85. The highest BCUT2D eigenvalue weighted by atomic mass is 35.5. The minimum absolute atomic E-state index is 0.345. The lowest BCUT2D eigenvalue weighted by molar-refractivity contribution is 0.447. The Morgan fingerprint density at radius 2 is 1.84 bits per heavy atom. The van der Waals surface area contributed by atoms with E-state index in [1.54, 1.807) is 12.3 Å². The third-order valence-electron chi connectivity index (χ3n) is 4.01. The Balaban J connectivity index is 1.95. The van der Waals surface area contributed by atoms with Crippen LogP contribution < -0.4 is 4.74 Å². The number of hydrogen-bond donors (Lipinski definition) is 0. The number of pyridine rings is 1. The second kappa shape index (κ2) is 6.22. The Labute approximate surface area is 149 Å². The molecule has 0 aliphatic carbocycles. The van der Waals surface area contributed by atoms with Crippen molar-refractivity contribution in [3.05, 3.63) is 83.4 Å². The average molecular weight is 353 g/mol. The van der Waals surface area contributed by atoms with Crippen LogP contribution in [0.5, 0.6) is 11.6 Å². The van der Waals surface area contributed by atoms with E-state index < -0.39 is 0 Å². The molecule has 3 nitrogen and oxygen atoms in total. The highest BCUT2D eigenvalue weighted by Gasteiger charge is 2.16. The molecule has 0 radical (unpaired) electrons. The Bertz CT molecular complexity index is 1060. The molecular formula is C20H14ClFN2O. The molecule has 2 aromatic heterocycles. The second-order valence-electron chi connectivity index (χ2n) is 5.71. The summed E-state index contributed by atoms with van der Waals surface area (Å²) in [5.41, 5.74) is 2.48. The number of aryl methyl sites for hydroxylation is 1. The third kappa shape index (κ3) is 2.85. The predicted octanol–water partition coefficient (Wildman–Crippen LogP) is 5.92. The fourth-order valence-electron chi connectivity index (χ4n) is 2.79. The van der Waals surface area contributed by atoms with E-state index in [1.807, 2.05) is 54.0 Å². The van der Waals surface area contributed by atoms with Gasteiger partial charge in [0.2, 0.25) is 5.88 Å². The fraction of sp³-hybridized carbons (Fsp3) is 0.0500. The molecule has 4 rings (SSSR count). The summed E-state index contributed by atoms with van der Waals surface area (Å²) >= 11 is 6.34. The number of fused-ring (bicyclic) bond motifs is 1. The predicted molar refractivity (Wildman–Crippen MR) is 97.3 cm³/mol. The van der Waals surface area contributed by atoms with Gasteiger partial charge < -0.3 is 4.74 Å². The average Bonchev–Trinajstić information content (AvgIpc) is 2.98. The maximum absolute atomic E-state index is 13.6. The van der Waals surface area contributed by atoms with Crippen molar-refractivity contribution in [1.29, 1.82) is 0 Å². The van der Waals surface area contributed by atoms with Crippen LogP contribution in [0.4, 0.5) is 4.39 Å². The molecule has 0 N–H and O–H groups in total. The molecule has 0 bridgehead atoms. The summed E-state index contributed by atoms with van der Waals surface area (Å²) in [6.07, 6.45) is 1.65. The molecule has 0 saturated carbocycles. The van der Waals surface area contributed by atoms with E-state index >= 15 is 0 Å². The van der Waals surface area contributed by atoms with E-state index in [2.05, 4.69) is 4.98 Å². The van der Waals surface area contributed by atoms with E-state index in [0.29, 0.717) is 16.8 Å². The molecule has 0 atom stereocenters. The van der Waals surface area contributed by atoms with E-state index in [4.69, 9.17) is 16.3 Å². The molecular weight excluding hydrogens is 339 g/mol. The van der Waals surface area contributed by atoms with Gasteiger partial charge in [-0.25, -0.2) is 9.37 Å². The highest BCUT2D eigenvalue weighted by Crippen LogP contribution is 2.36. The van der Waals surface area contributed by atoms with Crippen LogP contribution in [0.1, 0.15) is 5.56 Å². The zero-order valence-electron chi connectivity index (χ0n) is 13.4. The molecule has 0 aliphatic heterocycles. The van der Waals surface area contributed by atoms with Gasteiger partial charge in [0, 0.05) is 29.4 Å². The number of hydrogen-bond acceptors (Lipinski definition) is 2. The Morgan fingerprint density at radius 3 is 2.64 bits per heavy atom. The smallest absolute Gasteiger partial charge is 0.205 e. The maximum Gasteiger partial charge on any atom is 0.205 e. The van der Waals surface area contributed by atoms with Gasteiger partial charge in [-0.05, 0) is 36.8 Å². The van der Waals surface area contributed by atoms with Gasteiger partial charge in [0.1, 0.15) is 11.6 Å². The summed E-state index contributed by atoms with van der Waals surface area (Å²) in [6.45, 7) is 1.87. The highest BCUT2D eigenvalue weighted by molar-refractivity contribution is 6.34. The minimum Gasteiger partial charge on any atom is -0.440 e. The molecule has 2 heterocycles. The normalized spacial score (nSPS) is 11.0. The lowest BCUT2D eigenvalue weighted by Gasteiger charge is -2.13. The number of rotatable bonds is 3. The number of benzene rings is 2. The molecule has 0 unspecified atom stereocenters. The molecule has 4 aromatic rings. The molecule has 25 heavy (non-hydrogen) atoms. The number of nitrogens with zero attached hydrogens (tertiary/aromatic N) is 2. The van der Waals surface area contributed by atoms with Crippen molar-refractivity contribution in [3.8, 4) is 17.3 Å². The minimum atomic E-state index is -0.345. The number of halogens is 2. The van der Waals surface area contributed by atoms with Gasteiger partial charge in [0.05, 0.1) is 5.52 Å². The van der Waals surface area contributed by atoms with E-state index in [0.717, 1.165) is 22.2 Å². The first kappa shape index (κ1) is 15.7. The van der Waals surface area contributed by atoms with Crippen molar-refractivity contribution in [2.24, 2.45) is 0 Å². The summed E-state index contributed by atoms with van der Waals surface area (Å²) in [5, 5.41) is 1.28. The third-order valence-corrected chi connectivity index (χ3v) is 4.29. The molecule has 0 aliphatic rings. The number of para-hydroxylation sites is 1.